The Morgan fingerprint density at radius 3 is 2.06 bits per heavy atom. The summed E-state index contributed by atoms with van der Waals surface area (Å²) < 4.78 is 0. The molecule has 0 bridgehead atoms. The molecule has 1 aromatic carbocycles. The van der Waals surface area contributed by atoms with E-state index in [1.54, 1.807) is 0 Å². The number of aromatic hydroxyl groups is 2. The lowest BCUT2D eigenvalue weighted by molar-refractivity contribution is -0.167. The first-order valence-corrected chi connectivity index (χ1v) is 10.0. The average molecular weight is 455 g/mol. The van der Waals surface area contributed by atoms with Crippen molar-refractivity contribution in [1.29, 1.82) is 0 Å². The van der Waals surface area contributed by atoms with E-state index in [0.29, 0.717) is 38.9 Å². The van der Waals surface area contributed by atoms with Crippen molar-refractivity contribution in [3.63, 3.8) is 0 Å². The van der Waals surface area contributed by atoms with Gasteiger partial charge >= 0.3 is 11.9 Å². The summed E-state index contributed by atoms with van der Waals surface area (Å²) in [4.78, 5) is 45.3. The second kappa shape index (κ2) is 13.1. The van der Waals surface area contributed by atoms with Gasteiger partial charge in [-0.1, -0.05) is 0 Å². The molecule has 1 aromatic rings. The zero-order chi connectivity index (χ0) is 24.1. The fourth-order valence-corrected chi connectivity index (χ4v) is 2.70. The number of nitrogens with one attached hydrogen (secondary N) is 3. The van der Waals surface area contributed by atoms with Gasteiger partial charge in [0.1, 0.15) is 0 Å². The molecule has 178 valence electrons. The third-order valence-electron chi connectivity index (χ3n) is 4.45. The van der Waals surface area contributed by atoms with E-state index >= 15 is 0 Å². The smallest absolute Gasteiger partial charge is 0.336 e. The molecule has 32 heavy (non-hydrogen) atoms. The van der Waals surface area contributed by atoms with Gasteiger partial charge in [0.15, 0.2) is 17.1 Å². The van der Waals surface area contributed by atoms with Gasteiger partial charge in [0, 0.05) is 18.7 Å². The highest BCUT2D eigenvalue weighted by Crippen LogP contribution is 2.24. The van der Waals surface area contributed by atoms with Crippen LogP contribution in [0.1, 0.15) is 42.5 Å². The summed E-state index contributed by atoms with van der Waals surface area (Å²) in [5.74, 6) is -5.07. The van der Waals surface area contributed by atoms with E-state index in [1.165, 1.54) is 18.2 Å². The van der Waals surface area contributed by atoms with Crippen molar-refractivity contribution in [2.24, 2.45) is 0 Å². The third-order valence-corrected chi connectivity index (χ3v) is 4.45. The number of carbonyl (C=O) groups is 4. The van der Waals surface area contributed by atoms with Crippen molar-refractivity contribution < 1.29 is 44.7 Å². The van der Waals surface area contributed by atoms with Crippen LogP contribution in [0.15, 0.2) is 18.2 Å². The number of carboxylic acids is 2. The molecule has 12 heteroatoms. The number of aliphatic hydroxyl groups is 1. The minimum Gasteiger partial charge on any atom is -0.504 e. The van der Waals surface area contributed by atoms with Crippen molar-refractivity contribution in [3.8, 4) is 11.5 Å². The number of hydrogen-bond donors (Lipinski definition) is 8. The first kappa shape index (κ1) is 26.7. The number of carbonyl (C=O) groups excluding carboxylic acids is 2. The van der Waals surface area contributed by atoms with Gasteiger partial charge in [-0.3, -0.25) is 14.4 Å². The molecule has 0 radical (unpaired) electrons. The SMILES string of the molecule is O=C(O)CC(O)(CC(=O)NCCCCNCCCNC(=O)c1ccc(O)c(O)c1)C(=O)O. The second-order valence-corrected chi connectivity index (χ2v) is 7.20. The summed E-state index contributed by atoms with van der Waals surface area (Å²) in [6.07, 6.45) is 0.0335. The molecule has 1 rings (SSSR count). The number of carboxylic acid groups (broad SMARTS) is 2. The van der Waals surface area contributed by atoms with Crippen LogP contribution in [-0.2, 0) is 14.4 Å². The quantitative estimate of drug-likeness (QED) is 0.124. The topological polar surface area (TPSA) is 206 Å². The van der Waals surface area contributed by atoms with Crippen LogP contribution < -0.4 is 16.0 Å². The summed E-state index contributed by atoms with van der Waals surface area (Å²) in [5, 5.41) is 54.3. The Morgan fingerprint density at radius 2 is 1.44 bits per heavy atom. The zero-order valence-electron chi connectivity index (χ0n) is 17.5. The van der Waals surface area contributed by atoms with Gasteiger partial charge in [-0.05, 0) is 50.6 Å². The van der Waals surface area contributed by atoms with Gasteiger partial charge < -0.3 is 41.5 Å². The second-order valence-electron chi connectivity index (χ2n) is 7.20. The van der Waals surface area contributed by atoms with Crippen LogP contribution in [-0.4, -0.2) is 81.1 Å². The minimum absolute atomic E-state index is 0.236. The molecule has 1 unspecified atom stereocenters. The van der Waals surface area contributed by atoms with Crippen LogP contribution in [0.3, 0.4) is 0 Å². The van der Waals surface area contributed by atoms with E-state index in [4.69, 9.17) is 10.2 Å². The number of phenolic OH excluding ortho intramolecular Hbond substituents is 2. The lowest BCUT2D eigenvalue weighted by atomic mass is 9.95. The van der Waals surface area contributed by atoms with E-state index in [9.17, 15) is 34.5 Å². The Bertz CT molecular complexity index is 816. The van der Waals surface area contributed by atoms with Crippen LogP contribution in [0.25, 0.3) is 0 Å². The Kier molecular flexibility index (Phi) is 10.9. The van der Waals surface area contributed by atoms with Gasteiger partial charge in [-0.15, -0.1) is 0 Å². The molecule has 8 N–H and O–H groups in total. The number of amides is 2. The van der Waals surface area contributed by atoms with Crippen LogP contribution in [0, 0.1) is 0 Å². The molecular weight excluding hydrogens is 426 g/mol. The predicted octanol–water partition coefficient (Wildman–Crippen LogP) is -0.616. The predicted molar refractivity (Wildman–Crippen MR) is 111 cm³/mol. The summed E-state index contributed by atoms with van der Waals surface area (Å²) in [5.41, 5.74) is -2.41. The zero-order valence-corrected chi connectivity index (χ0v) is 17.5. The largest absolute Gasteiger partial charge is 0.504 e. The lowest BCUT2D eigenvalue weighted by Gasteiger charge is -2.20. The number of unbranched alkanes of at least 4 members (excludes halogenated alkanes) is 1. The van der Waals surface area contributed by atoms with Gasteiger partial charge in [0.2, 0.25) is 5.91 Å². The Labute approximate surface area is 184 Å². The molecule has 2 amide bonds. The monoisotopic (exact) mass is 455 g/mol. The molecule has 1 atom stereocenters. The number of hydrogen-bond acceptors (Lipinski definition) is 8. The van der Waals surface area contributed by atoms with Crippen LogP contribution in [0.4, 0.5) is 0 Å². The molecule has 0 aliphatic carbocycles. The van der Waals surface area contributed by atoms with Crippen molar-refractivity contribution in [2.45, 2.75) is 37.7 Å². The normalized spacial score (nSPS) is 12.5. The van der Waals surface area contributed by atoms with E-state index in [1.807, 2.05) is 0 Å². The van der Waals surface area contributed by atoms with Crippen molar-refractivity contribution in [3.05, 3.63) is 23.8 Å². The lowest BCUT2D eigenvalue weighted by Crippen LogP contribution is -2.45. The maximum atomic E-state index is 11.9. The molecule has 12 nitrogen and oxygen atoms in total. The highest BCUT2D eigenvalue weighted by molar-refractivity contribution is 5.94. The standard InChI is InChI=1S/C20H29N3O9/c24-14-5-4-13(10-15(14)25)18(29)23-9-3-7-21-6-1-2-8-22-16(26)11-20(32,19(30)31)12-17(27)28/h4-5,10,21,24-25,32H,1-3,6-9,11-12H2,(H,22,26)(H,23,29)(H,27,28)(H,30,31). The van der Waals surface area contributed by atoms with E-state index < -0.39 is 36.3 Å². The molecule has 0 fully saturated rings. The number of phenols is 2. The first-order valence-electron chi connectivity index (χ1n) is 10.0. The number of aliphatic carboxylic acids is 2. The maximum absolute atomic E-state index is 11.9. The van der Waals surface area contributed by atoms with E-state index in [0.717, 1.165) is 0 Å². The molecule has 0 aliphatic rings. The molecule has 0 aliphatic heterocycles. The molecule has 0 spiro atoms. The van der Waals surface area contributed by atoms with Gasteiger partial charge in [-0.25, -0.2) is 4.79 Å². The maximum Gasteiger partial charge on any atom is 0.336 e. The Balaban J connectivity index is 2.09. The Hall–Kier alpha value is -3.38. The fourth-order valence-electron chi connectivity index (χ4n) is 2.70. The first-order chi connectivity index (χ1) is 15.0. The molecule has 0 saturated carbocycles. The molecule has 0 heterocycles. The molecule has 0 saturated heterocycles. The third kappa shape index (κ3) is 9.62. The average Bonchev–Trinajstić information content (AvgIpc) is 2.70. The van der Waals surface area contributed by atoms with Crippen LogP contribution in [0.5, 0.6) is 11.5 Å². The highest BCUT2D eigenvalue weighted by Gasteiger charge is 2.40. The summed E-state index contributed by atoms with van der Waals surface area (Å²) in [6.45, 7) is 1.94. The molecular formula is C20H29N3O9. The van der Waals surface area contributed by atoms with Gasteiger partial charge in [-0.2, -0.15) is 0 Å². The summed E-state index contributed by atoms with van der Waals surface area (Å²) >= 11 is 0. The van der Waals surface area contributed by atoms with E-state index in [-0.39, 0.29) is 29.5 Å². The van der Waals surface area contributed by atoms with E-state index in [2.05, 4.69) is 16.0 Å². The number of benzene rings is 1. The summed E-state index contributed by atoms with van der Waals surface area (Å²) in [6, 6.07) is 3.81. The van der Waals surface area contributed by atoms with Crippen molar-refractivity contribution in [1.82, 2.24) is 16.0 Å². The number of rotatable bonds is 15. The van der Waals surface area contributed by atoms with Gasteiger partial charge in [0.25, 0.3) is 5.91 Å². The van der Waals surface area contributed by atoms with Crippen molar-refractivity contribution >= 4 is 23.8 Å². The highest BCUT2D eigenvalue weighted by atomic mass is 16.4. The Morgan fingerprint density at radius 1 is 0.812 bits per heavy atom. The van der Waals surface area contributed by atoms with Crippen molar-refractivity contribution in [2.75, 3.05) is 26.2 Å². The minimum atomic E-state index is -2.64. The molecule has 0 aromatic heterocycles. The van der Waals surface area contributed by atoms with Crippen LogP contribution >= 0.6 is 0 Å². The van der Waals surface area contributed by atoms with Gasteiger partial charge in [0.05, 0.1) is 12.8 Å². The fraction of sp³-hybridized carbons (Fsp3) is 0.500. The summed E-state index contributed by atoms with van der Waals surface area (Å²) in [7, 11) is 0. The van der Waals surface area contributed by atoms with Crippen LogP contribution in [0.2, 0.25) is 0 Å².